The molecule has 4 aromatic rings. The second-order valence-corrected chi connectivity index (χ2v) is 11.5. The van der Waals surface area contributed by atoms with Gasteiger partial charge in [0, 0.05) is 11.9 Å². The molecule has 0 aliphatic carbocycles. The summed E-state index contributed by atoms with van der Waals surface area (Å²) >= 11 is 1.59. The van der Waals surface area contributed by atoms with E-state index in [4.69, 9.17) is 14.6 Å². The van der Waals surface area contributed by atoms with E-state index in [1.165, 1.54) is 0 Å². The first-order valence-electron chi connectivity index (χ1n) is 12.1. The van der Waals surface area contributed by atoms with Crippen LogP contribution in [0.1, 0.15) is 45.0 Å². The van der Waals surface area contributed by atoms with Gasteiger partial charge in [-0.25, -0.2) is 9.78 Å². The van der Waals surface area contributed by atoms with E-state index in [0.29, 0.717) is 29.6 Å². The zero-order chi connectivity index (χ0) is 26.4. The van der Waals surface area contributed by atoms with Gasteiger partial charge in [0.05, 0.1) is 45.4 Å². The molecule has 0 bridgehead atoms. The number of aryl methyl sites for hydroxylation is 1. The Hall–Kier alpha value is -3.75. The van der Waals surface area contributed by atoms with Crippen molar-refractivity contribution in [1.29, 1.82) is 5.26 Å². The zero-order valence-corrected chi connectivity index (χ0v) is 21.9. The van der Waals surface area contributed by atoms with Crippen LogP contribution in [0.4, 0.5) is 11.5 Å². The molecule has 0 spiro atoms. The summed E-state index contributed by atoms with van der Waals surface area (Å²) in [5.41, 5.74) is 0.491. The second kappa shape index (κ2) is 9.28. The number of hydrogen-bond donors (Lipinski definition) is 2. The fraction of sp³-hybridized carbons (Fsp3) is 0.423. The number of H-pyrrole nitrogens is 1. The van der Waals surface area contributed by atoms with Crippen molar-refractivity contribution < 1.29 is 14.3 Å². The molecule has 2 N–H and O–H groups in total. The highest BCUT2D eigenvalue weighted by Gasteiger charge is 2.43. The summed E-state index contributed by atoms with van der Waals surface area (Å²) in [5.74, 6) is -0.0418. The smallest absolute Gasteiger partial charge is 0.335 e. The maximum absolute atomic E-state index is 12.9. The van der Waals surface area contributed by atoms with Crippen molar-refractivity contribution >= 4 is 49.9 Å². The molecular weight excluding hydrogens is 492 g/mol. The number of hydrogen-bond acceptors (Lipinski definition) is 9. The molecular formula is C26H28N6O4S. The quantitative estimate of drug-likeness (QED) is 0.367. The number of aromatic nitrogens is 4. The van der Waals surface area contributed by atoms with Gasteiger partial charge < -0.3 is 19.8 Å². The summed E-state index contributed by atoms with van der Waals surface area (Å²) in [7, 11) is 0. The molecule has 2 atom stereocenters. The lowest BCUT2D eigenvalue weighted by Gasteiger charge is -2.39. The molecule has 0 amide bonds. The van der Waals surface area contributed by atoms with E-state index in [0.717, 1.165) is 20.9 Å². The average molecular weight is 521 g/mol. The van der Waals surface area contributed by atoms with E-state index < -0.39 is 23.2 Å². The minimum Gasteiger partial charge on any atom is -0.458 e. The molecule has 0 unspecified atom stereocenters. The molecule has 3 aromatic heterocycles. The third-order valence-corrected chi connectivity index (χ3v) is 7.25. The topological polar surface area (TPSA) is 135 Å². The van der Waals surface area contributed by atoms with Gasteiger partial charge in [0.1, 0.15) is 11.0 Å². The van der Waals surface area contributed by atoms with Crippen LogP contribution >= 0.6 is 11.3 Å². The van der Waals surface area contributed by atoms with Crippen molar-refractivity contribution in [2.45, 2.75) is 64.2 Å². The first-order valence-corrected chi connectivity index (χ1v) is 12.9. The van der Waals surface area contributed by atoms with Crippen LogP contribution in [-0.2, 0) is 19.8 Å². The van der Waals surface area contributed by atoms with Crippen LogP contribution in [0.2, 0.25) is 0 Å². The van der Waals surface area contributed by atoms with Gasteiger partial charge in [-0.15, -0.1) is 11.3 Å². The third kappa shape index (κ3) is 4.82. The van der Waals surface area contributed by atoms with Crippen molar-refractivity contribution in [3.8, 4) is 6.07 Å². The number of esters is 1. The molecule has 10 nitrogen and oxygen atoms in total. The van der Waals surface area contributed by atoms with Crippen LogP contribution in [0.5, 0.6) is 0 Å². The van der Waals surface area contributed by atoms with Crippen molar-refractivity contribution in [1.82, 2.24) is 19.7 Å². The Balaban J connectivity index is 1.51. The van der Waals surface area contributed by atoms with Crippen molar-refractivity contribution in [3.63, 3.8) is 0 Å². The van der Waals surface area contributed by atoms with E-state index in [1.807, 2.05) is 45.9 Å². The highest BCUT2D eigenvalue weighted by atomic mass is 32.1. The van der Waals surface area contributed by atoms with Gasteiger partial charge in [0.25, 0.3) is 5.56 Å². The largest absolute Gasteiger partial charge is 0.458 e. The minimum absolute atomic E-state index is 0.0829. The normalized spacial score (nSPS) is 20.1. The van der Waals surface area contributed by atoms with Crippen molar-refractivity contribution in [2.24, 2.45) is 0 Å². The van der Waals surface area contributed by atoms with E-state index >= 15 is 0 Å². The van der Waals surface area contributed by atoms with E-state index in [2.05, 4.69) is 21.4 Å². The SMILES string of the molecule is Cc1nc2ccc(Nc3nn([C@]4(CC#N)CC[C@@H](C(=O)OC(C)(C)C)OC4)c4cc[nH]c(=O)c34)cc2s1. The van der Waals surface area contributed by atoms with Crippen LogP contribution < -0.4 is 10.9 Å². The summed E-state index contributed by atoms with van der Waals surface area (Å²) < 4.78 is 14.2. The number of fused-ring (bicyclic) bond motifs is 2. The van der Waals surface area contributed by atoms with E-state index in [1.54, 1.807) is 28.3 Å². The zero-order valence-electron chi connectivity index (χ0n) is 21.1. The first kappa shape index (κ1) is 24.9. The number of thiazole rings is 1. The third-order valence-electron chi connectivity index (χ3n) is 6.31. The van der Waals surface area contributed by atoms with Gasteiger partial charge in [0.15, 0.2) is 11.9 Å². The summed E-state index contributed by atoms with van der Waals surface area (Å²) in [6.45, 7) is 7.47. The van der Waals surface area contributed by atoms with Crippen LogP contribution in [0.25, 0.3) is 21.1 Å². The number of ether oxygens (including phenoxy) is 2. The molecule has 37 heavy (non-hydrogen) atoms. The maximum atomic E-state index is 12.9. The lowest BCUT2D eigenvalue weighted by molar-refractivity contribution is -0.176. The van der Waals surface area contributed by atoms with Gasteiger partial charge in [-0.05, 0) is 64.8 Å². The number of carbonyl (C=O) groups excluding carboxylic acids is 1. The molecule has 1 fully saturated rings. The first-order chi connectivity index (χ1) is 17.6. The summed E-state index contributed by atoms with van der Waals surface area (Å²) in [5, 5.41) is 19.2. The number of nitrogens with one attached hydrogen (secondary N) is 2. The molecule has 5 rings (SSSR count). The van der Waals surface area contributed by atoms with Gasteiger partial charge in [-0.1, -0.05) is 0 Å². The molecule has 1 aromatic carbocycles. The van der Waals surface area contributed by atoms with Crippen LogP contribution in [-0.4, -0.2) is 44.0 Å². The molecule has 1 aliphatic heterocycles. The number of carbonyl (C=O) groups is 1. The molecule has 0 radical (unpaired) electrons. The lowest BCUT2D eigenvalue weighted by Crippen LogP contribution is -2.47. The van der Waals surface area contributed by atoms with Crippen molar-refractivity contribution in [3.05, 3.63) is 45.8 Å². The number of anilines is 2. The predicted molar refractivity (Wildman–Crippen MR) is 141 cm³/mol. The Kier molecular flexibility index (Phi) is 6.25. The number of rotatable bonds is 5. The lowest BCUT2D eigenvalue weighted by atomic mass is 9.87. The molecule has 0 saturated carbocycles. The summed E-state index contributed by atoms with van der Waals surface area (Å²) in [6, 6.07) is 9.81. The summed E-state index contributed by atoms with van der Waals surface area (Å²) in [4.78, 5) is 32.7. The highest BCUT2D eigenvalue weighted by molar-refractivity contribution is 7.18. The molecule has 192 valence electrons. The fourth-order valence-corrected chi connectivity index (χ4v) is 5.54. The number of nitriles is 1. The van der Waals surface area contributed by atoms with Crippen LogP contribution in [0.3, 0.4) is 0 Å². The Bertz CT molecular complexity index is 1580. The van der Waals surface area contributed by atoms with E-state index in [-0.39, 0.29) is 18.6 Å². The predicted octanol–water partition coefficient (Wildman–Crippen LogP) is 4.52. The highest BCUT2D eigenvalue weighted by Crippen LogP contribution is 2.38. The van der Waals surface area contributed by atoms with Crippen molar-refractivity contribution in [2.75, 3.05) is 11.9 Å². The average Bonchev–Trinajstić information content (AvgIpc) is 3.39. The number of pyridine rings is 1. The molecule has 4 heterocycles. The summed E-state index contributed by atoms with van der Waals surface area (Å²) in [6.07, 6.45) is 1.77. The fourth-order valence-electron chi connectivity index (χ4n) is 4.67. The van der Waals surface area contributed by atoms with Crippen LogP contribution in [0.15, 0.2) is 35.3 Å². The Morgan fingerprint density at radius 2 is 2.22 bits per heavy atom. The monoisotopic (exact) mass is 520 g/mol. The van der Waals surface area contributed by atoms with Gasteiger partial charge in [-0.3, -0.25) is 9.48 Å². The standard InChI is InChI=1S/C26H28N6O4S/c1-15-29-17-6-5-16(13-20(17)37-15)30-22-21-18(8-12-28-23(21)33)32(31-22)26(10-11-27)9-7-19(35-14-26)24(34)36-25(2,3)4/h5-6,8,12-13,19H,7,9-10,14H2,1-4H3,(H,28,33)(H,30,31)/t19-,26-/m0/s1. The second-order valence-electron chi connectivity index (χ2n) is 10.3. The van der Waals surface area contributed by atoms with Gasteiger partial charge in [-0.2, -0.15) is 10.4 Å². The van der Waals surface area contributed by atoms with Gasteiger partial charge in [0.2, 0.25) is 0 Å². The van der Waals surface area contributed by atoms with Crippen LogP contribution in [0, 0.1) is 18.3 Å². The molecule has 11 heteroatoms. The molecule has 1 aliphatic rings. The Morgan fingerprint density at radius 3 is 2.92 bits per heavy atom. The Labute approximate surface area is 217 Å². The Morgan fingerprint density at radius 1 is 1.41 bits per heavy atom. The molecule has 1 saturated heterocycles. The number of nitrogens with zero attached hydrogens (tertiary/aromatic N) is 4. The number of benzene rings is 1. The maximum Gasteiger partial charge on any atom is 0.335 e. The number of aromatic amines is 1. The van der Waals surface area contributed by atoms with E-state index in [9.17, 15) is 14.9 Å². The van der Waals surface area contributed by atoms with Gasteiger partial charge >= 0.3 is 5.97 Å². The minimum atomic E-state index is -0.849.